The zero-order valence-corrected chi connectivity index (χ0v) is 9.33. The first-order valence-electron chi connectivity index (χ1n) is 0.730. The molecule has 9 heavy (non-hydrogen) atoms. The Hall–Kier alpha value is 1.19. The van der Waals surface area contributed by atoms with Crippen LogP contribution in [-0.4, -0.2) is 28.3 Å². The van der Waals surface area contributed by atoms with Gasteiger partial charge < -0.3 is 30.2 Å². The molecule has 0 spiro atoms. The molecule has 3 N–H and O–H groups in total. The summed E-state index contributed by atoms with van der Waals surface area (Å²) in [5, 5.41) is 0. The summed E-state index contributed by atoms with van der Waals surface area (Å²) >= 11 is 0. The zero-order valence-electron chi connectivity index (χ0n) is 4.31. The summed E-state index contributed by atoms with van der Waals surface area (Å²) in [5.74, 6) is 0. The van der Waals surface area contributed by atoms with Gasteiger partial charge in [-0.15, -0.1) is 0 Å². The van der Waals surface area contributed by atoms with Gasteiger partial charge in [0, 0.05) is 17.4 Å². The molecule has 0 aromatic carbocycles. The van der Waals surface area contributed by atoms with Gasteiger partial charge in [0.05, 0.1) is 0 Å². The fraction of sp³-hybridized carbons (Fsp3) is 0. The molecule has 51 valence electrons. The van der Waals surface area contributed by atoms with Crippen molar-refractivity contribution < 1.29 is 49.7 Å². The van der Waals surface area contributed by atoms with E-state index in [0.717, 1.165) is 0 Å². The predicted octanol–water partition coefficient (Wildman–Crippen LogP) is -4.21. The van der Waals surface area contributed by atoms with Crippen LogP contribution in [0.25, 0.3) is 0 Å². The fourth-order valence-corrected chi connectivity index (χ4v) is 0. The third kappa shape index (κ3) is 337. The van der Waals surface area contributed by atoms with E-state index in [4.69, 9.17) is 19.2 Å². The largest absolute Gasteiger partial charge is 2.00 e. The normalized spacial score (nSPS) is 6.56. The number of hydrogen-bond donors (Lipinski definition) is 0. The molecule has 9 heteroatoms. The molecule has 0 saturated heterocycles. The van der Waals surface area contributed by atoms with Crippen LogP contribution in [0.4, 0.5) is 0 Å². The Bertz CT molecular complexity index is 59.2. The second-order valence-electron chi connectivity index (χ2n) is 0.447. The van der Waals surface area contributed by atoms with Crippen molar-refractivity contribution in [3.8, 4) is 0 Å². The van der Waals surface area contributed by atoms with Crippen LogP contribution in [-0.2, 0) is 24.0 Å². The minimum atomic E-state index is -5.39. The monoisotopic (exact) mass is 221 g/mol. The van der Waals surface area contributed by atoms with E-state index in [2.05, 4.69) is 0 Å². The topological polar surface area (TPSA) is 148 Å². The summed E-state index contributed by atoms with van der Waals surface area (Å²) in [5.41, 5.74) is 0. The van der Waals surface area contributed by atoms with Crippen LogP contribution in [0, 0.1) is 0 Å². The van der Waals surface area contributed by atoms with Crippen molar-refractivity contribution in [1.82, 2.24) is 0 Å². The standard InChI is InChI=1S/Al.H3O4P.2H2O.Zn/c;1-5(2,3)4;;;/h;(H3,1,2,3,4);2*1H2;/q;;;;+2/p-4. The number of phosphoric acid groups is 1. The van der Waals surface area contributed by atoms with E-state index in [-0.39, 0.29) is 47.8 Å². The van der Waals surface area contributed by atoms with Crippen molar-refractivity contribution in [2.45, 2.75) is 0 Å². The van der Waals surface area contributed by atoms with Crippen molar-refractivity contribution in [2.24, 2.45) is 0 Å². The summed E-state index contributed by atoms with van der Waals surface area (Å²) in [4.78, 5) is 25.6. The molecule has 0 aliphatic carbocycles. The molecule has 0 atom stereocenters. The quantitative estimate of drug-likeness (QED) is 0.301. The second-order valence-corrected chi connectivity index (χ2v) is 1.34. The van der Waals surface area contributed by atoms with Crippen molar-refractivity contribution in [3.05, 3.63) is 0 Å². The van der Waals surface area contributed by atoms with Crippen LogP contribution in [0.2, 0.25) is 0 Å². The number of rotatable bonds is 0. The van der Waals surface area contributed by atoms with Gasteiger partial charge in [-0.05, 0) is 0 Å². The van der Waals surface area contributed by atoms with Crippen molar-refractivity contribution in [3.63, 3.8) is 0 Å². The molecule has 0 unspecified atom stereocenters. The molecule has 0 aromatic rings. The summed E-state index contributed by atoms with van der Waals surface area (Å²) in [7, 11) is -5.39. The molecule has 0 fully saturated rings. The molecule has 3 radical (unpaired) electrons. The summed E-state index contributed by atoms with van der Waals surface area (Å²) in [6, 6.07) is 0. The van der Waals surface area contributed by atoms with Gasteiger partial charge in [-0.25, -0.2) is 0 Å². The Morgan fingerprint density at radius 2 is 1.11 bits per heavy atom. The molecule has 0 saturated carbocycles. The maximum absolute atomic E-state index is 8.55. The first-order valence-corrected chi connectivity index (χ1v) is 2.19. The molecule has 0 aromatic heterocycles. The van der Waals surface area contributed by atoms with Gasteiger partial charge in [0.15, 0.2) is 0 Å². The van der Waals surface area contributed by atoms with Crippen LogP contribution in [0.5, 0.6) is 0 Å². The summed E-state index contributed by atoms with van der Waals surface area (Å²) in [6.45, 7) is 0. The molecule has 0 heterocycles. The molecular weight excluding hydrogens is 219 g/mol. The third-order valence-electron chi connectivity index (χ3n) is 0. The van der Waals surface area contributed by atoms with E-state index < -0.39 is 7.82 Å². The summed E-state index contributed by atoms with van der Waals surface area (Å²) in [6.07, 6.45) is 0. The van der Waals surface area contributed by atoms with E-state index in [1.807, 2.05) is 0 Å². The Morgan fingerprint density at radius 1 is 1.11 bits per heavy atom. The van der Waals surface area contributed by atoms with Gasteiger partial charge >= 0.3 is 19.5 Å². The van der Waals surface area contributed by atoms with Gasteiger partial charge in [0.2, 0.25) is 0 Å². The fourth-order valence-electron chi connectivity index (χ4n) is 0. The minimum Gasteiger partial charge on any atom is -0.870 e. The van der Waals surface area contributed by atoms with E-state index in [1.54, 1.807) is 0 Å². The first kappa shape index (κ1) is 32.0. The maximum atomic E-state index is 8.55. The van der Waals surface area contributed by atoms with Crippen LogP contribution in [0.1, 0.15) is 0 Å². The average molecular weight is 222 g/mol. The van der Waals surface area contributed by atoms with E-state index in [1.165, 1.54) is 0 Å². The third-order valence-corrected chi connectivity index (χ3v) is 0. The summed E-state index contributed by atoms with van der Waals surface area (Å²) < 4.78 is 8.55. The van der Waals surface area contributed by atoms with Crippen molar-refractivity contribution in [1.29, 1.82) is 0 Å². The van der Waals surface area contributed by atoms with Crippen LogP contribution in [0.3, 0.4) is 0 Å². The zero-order chi connectivity index (χ0) is 4.50. The Balaban J connectivity index is -0.0000000133. The Kier molecular flexibility index (Phi) is 42.3. The van der Waals surface area contributed by atoms with Crippen molar-refractivity contribution in [2.75, 3.05) is 0 Å². The van der Waals surface area contributed by atoms with Gasteiger partial charge in [0.1, 0.15) is 0 Å². The van der Waals surface area contributed by atoms with E-state index >= 15 is 0 Å². The van der Waals surface area contributed by atoms with E-state index in [9.17, 15) is 0 Å². The molecule has 0 aliphatic heterocycles. The van der Waals surface area contributed by atoms with Gasteiger partial charge in [-0.2, -0.15) is 7.82 Å². The Labute approximate surface area is 75.0 Å². The van der Waals surface area contributed by atoms with Crippen LogP contribution in [0.15, 0.2) is 0 Å². The van der Waals surface area contributed by atoms with Gasteiger partial charge in [0.25, 0.3) is 0 Å². The molecule has 0 rings (SSSR count). The van der Waals surface area contributed by atoms with Crippen LogP contribution < -0.4 is 14.7 Å². The second kappa shape index (κ2) is 11.9. The smallest absolute Gasteiger partial charge is 0.870 e. The first-order chi connectivity index (χ1) is 2.00. The molecule has 0 aliphatic rings. The molecule has 0 bridgehead atoms. The van der Waals surface area contributed by atoms with E-state index in [0.29, 0.717) is 0 Å². The maximum Gasteiger partial charge on any atom is 2.00 e. The van der Waals surface area contributed by atoms with Gasteiger partial charge in [-0.1, -0.05) is 0 Å². The molecular formula is H3AlO6PZn-2. The minimum absolute atomic E-state index is 0. The molecule has 6 nitrogen and oxygen atoms in total. The van der Waals surface area contributed by atoms with Gasteiger partial charge in [-0.3, -0.25) is 0 Å². The van der Waals surface area contributed by atoms with Crippen LogP contribution >= 0.6 is 7.82 Å². The Morgan fingerprint density at radius 3 is 1.11 bits per heavy atom. The predicted molar refractivity (Wildman–Crippen MR) is 18.9 cm³/mol. The van der Waals surface area contributed by atoms with Crippen molar-refractivity contribution >= 4 is 25.2 Å². The number of hydrogen-bond acceptors (Lipinski definition) is 5. The SMILES string of the molecule is O.O=P([O-])([O-])[O-].[Al].[OH-].[Zn+2]. The molecule has 0 amide bonds. The average Bonchev–Trinajstić information content (AvgIpc) is 0.722.